The van der Waals surface area contributed by atoms with Crippen LogP contribution in [0.4, 0.5) is 0 Å². The van der Waals surface area contributed by atoms with E-state index < -0.39 is 0 Å². The van der Waals surface area contributed by atoms with Gasteiger partial charge in [0.15, 0.2) is 0 Å². The molecule has 0 amide bonds. The van der Waals surface area contributed by atoms with E-state index in [0.29, 0.717) is 12.5 Å². The average molecular weight is 134 g/mol. The summed E-state index contributed by atoms with van der Waals surface area (Å²) >= 11 is 0. The Morgan fingerprint density at radius 1 is 1.30 bits per heavy atom. The van der Waals surface area contributed by atoms with Gasteiger partial charge in [-0.2, -0.15) is 0 Å². The number of hydrogen-bond acceptors (Lipinski definition) is 0. The molecule has 1 nitrogen and oxygen atoms in total. The molecule has 0 aliphatic carbocycles. The number of hydrogen-bond donors (Lipinski definition) is 0. The van der Waals surface area contributed by atoms with Crippen molar-refractivity contribution in [2.24, 2.45) is 0 Å². The Hall–Kier alpha value is -0.820. The van der Waals surface area contributed by atoms with Gasteiger partial charge in [-0.1, -0.05) is 37.3 Å². The van der Waals surface area contributed by atoms with Crippen molar-refractivity contribution in [1.29, 1.82) is 0 Å². The van der Waals surface area contributed by atoms with E-state index in [0.717, 1.165) is 0 Å². The van der Waals surface area contributed by atoms with Gasteiger partial charge in [0, 0.05) is 6.54 Å². The monoisotopic (exact) mass is 134 g/mol. The Labute approximate surface area is 61.9 Å². The molecule has 0 fully saturated rings. The summed E-state index contributed by atoms with van der Waals surface area (Å²) in [5, 5.41) is 0. The Bertz CT molecular complexity index is 181. The van der Waals surface area contributed by atoms with Crippen LogP contribution in [0.2, 0.25) is 0 Å². The summed E-state index contributed by atoms with van der Waals surface area (Å²) in [6, 6.07) is 10.2. The molecule has 0 heterocycles. The second-order valence-corrected chi connectivity index (χ2v) is 2.52. The van der Waals surface area contributed by atoms with E-state index in [-0.39, 0.29) is 0 Å². The van der Waals surface area contributed by atoms with E-state index in [1.165, 1.54) is 5.56 Å². The summed E-state index contributed by atoms with van der Waals surface area (Å²) in [5.74, 6) is 0.376. The van der Waals surface area contributed by atoms with E-state index in [1.54, 1.807) is 0 Å². The van der Waals surface area contributed by atoms with Crippen LogP contribution in [-0.2, 0) is 0 Å². The van der Waals surface area contributed by atoms with Crippen molar-refractivity contribution in [3.8, 4) is 0 Å². The van der Waals surface area contributed by atoms with Crippen LogP contribution in [0.5, 0.6) is 0 Å². The van der Waals surface area contributed by atoms with Crippen LogP contribution in [-0.4, -0.2) is 6.54 Å². The lowest BCUT2D eigenvalue weighted by atomic mass is 10.0. The molecule has 0 spiro atoms. The molecular weight excluding hydrogens is 122 g/mol. The van der Waals surface area contributed by atoms with Gasteiger partial charge in [-0.25, -0.2) is 0 Å². The van der Waals surface area contributed by atoms with Gasteiger partial charge in [0.05, 0.1) is 0 Å². The molecule has 1 atom stereocenters. The fraction of sp³-hybridized carbons (Fsp3) is 0.333. The molecule has 0 saturated heterocycles. The summed E-state index contributed by atoms with van der Waals surface area (Å²) in [6.07, 6.45) is 0. The molecule has 0 aliphatic heterocycles. The van der Waals surface area contributed by atoms with E-state index in [1.807, 2.05) is 18.2 Å². The highest BCUT2D eigenvalue weighted by Crippen LogP contribution is 2.11. The number of rotatable bonds is 2. The lowest BCUT2D eigenvalue weighted by molar-refractivity contribution is 0.759. The highest BCUT2D eigenvalue weighted by molar-refractivity contribution is 5.18. The molecule has 1 aromatic rings. The first-order valence-electron chi connectivity index (χ1n) is 3.54. The third kappa shape index (κ3) is 1.58. The normalized spacial score (nSPS) is 13.0. The quantitative estimate of drug-likeness (QED) is 0.591. The predicted molar refractivity (Wildman–Crippen MR) is 42.8 cm³/mol. The first-order valence-corrected chi connectivity index (χ1v) is 3.54. The predicted octanol–water partition coefficient (Wildman–Crippen LogP) is 2.07. The molecule has 53 valence electrons. The minimum absolute atomic E-state index is 0.376. The van der Waals surface area contributed by atoms with Crippen molar-refractivity contribution in [3.05, 3.63) is 35.9 Å². The topological polar surface area (TPSA) is 23.8 Å². The van der Waals surface area contributed by atoms with E-state index >= 15 is 0 Å². The van der Waals surface area contributed by atoms with Crippen molar-refractivity contribution >= 4 is 0 Å². The van der Waals surface area contributed by atoms with Crippen LogP contribution in [0.1, 0.15) is 18.4 Å². The molecule has 10 heavy (non-hydrogen) atoms. The molecule has 1 unspecified atom stereocenters. The van der Waals surface area contributed by atoms with Gasteiger partial charge in [0.1, 0.15) is 0 Å². The van der Waals surface area contributed by atoms with Gasteiger partial charge in [0.25, 0.3) is 0 Å². The molecular formula is C9H12N. The van der Waals surface area contributed by atoms with Crippen LogP contribution in [0.3, 0.4) is 0 Å². The van der Waals surface area contributed by atoms with Gasteiger partial charge in [0.2, 0.25) is 0 Å². The number of benzene rings is 1. The fourth-order valence-corrected chi connectivity index (χ4v) is 0.899. The summed E-state index contributed by atoms with van der Waals surface area (Å²) in [5.41, 5.74) is 8.41. The summed E-state index contributed by atoms with van der Waals surface area (Å²) in [4.78, 5) is 0. The Morgan fingerprint density at radius 3 is 2.40 bits per heavy atom. The van der Waals surface area contributed by atoms with Crippen molar-refractivity contribution < 1.29 is 0 Å². The maximum Gasteiger partial charge on any atom is 0.0166 e. The SMILES string of the molecule is CC(C[NH])c1ccccc1. The zero-order chi connectivity index (χ0) is 7.40. The third-order valence-corrected chi connectivity index (χ3v) is 1.67. The highest BCUT2D eigenvalue weighted by atomic mass is 14.5. The van der Waals surface area contributed by atoms with Crippen molar-refractivity contribution in [2.75, 3.05) is 6.54 Å². The van der Waals surface area contributed by atoms with Crippen molar-refractivity contribution in [1.82, 2.24) is 5.73 Å². The smallest absolute Gasteiger partial charge is 0.0166 e. The maximum absolute atomic E-state index is 7.15. The molecule has 1 rings (SSSR count). The van der Waals surface area contributed by atoms with Gasteiger partial charge >= 0.3 is 0 Å². The minimum Gasteiger partial charge on any atom is -0.257 e. The van der Waals surface area contributed by atoms with Crippen molar-refractivity contribution in [2.45, 2.75) is 12.8 Å². The number of nitrogens with one attached hydrogen (secondary N) is 1. The zero-order valence-corrected chi connectivity index (χ0v) is 6.17. The van der Waals surface area contributed by atoms with Gasteiger partial charge < -0.3 is 0 Å². The van der Waals surface area contributed by atoms with E-state index in [4.69, 9.17) is 5.73 Å². The molecule has 1 radical (unpaired) electrons. The second kappa shape index (κ2) is 3.37. The van der Waals surface area contributed by atoms with E-state index in [9.17, 15) is 0 Å². The van der Waals surface area contributed by atoms with Gasteiger partial charge in [-0.05, 0) is 11.5 Å². The second-order valence-electron chi connectivity index (χ2n) is 2.52. The van der Waals surface area contributed by atoms with Crippen LogP contribution in [0.15, 0.2) is 30.3 Å². The van der Waals surface area contributed by atoms with Gasteiger partial charge in [-0.15, -0.1) is 0 Å². The molecule has 0 bridgehead atoms. The van der Waals surface area contributed by atoms with Crippen LogP contribution in [0.25, 0.3) is 0 Å². The standard InChI is InChI=1S/C9H12N/c1-8(7-10)9-5-3-2-4-6-9/h2-6,8,10H,7H2,1H3. The minimum atomic E-state index is 0.376. The van der Waals surface area contributed by atoms with Crippen LogP contribution < -0.4 is 5.73 Å². The largest absolute Gasteiger partial charge is 0.257 e. The maximum atomic E-state index is 7.15. The molecule has 0 aliphatic rings. The first kappa shape index (κ1) is 7.29. The molecule has 0 aromatic heterocycles. The lowest BCUT2D eigenvalue weighted by Gasteiger charge is -2.06. The zero-order valence-electron chi connectivity index (χ0n) is 6.17. The highest BCUT2D eigenvalue weighted by Gasteiger charge is 1.99. The summed E-state index contributed by atoms with van der Waals surface area (Å²) < 4.78 is 0. The first-order chi connectivity index (χ1) is 4.84. The Kier molecular flexibility index (Phi) is 2.46. The summed E-state index contributed by atoms with van der Waals surface area (Å²) in [6.45, 7) is 2.55. The Balaban J connectivity index is 2.75. The summed E-state index contributed by atoms with van der Waals surface area (Å²) in [7, 11) is 0. The average Bonchev–Trinajstić information content (AvgIpc) is 2.05. The third-order valence-electron chi connectivity index (χ3n) is 1.67. The molecule has 1 heteroatoms. The van der Waals surface area contributed by atoms with Gasteiger partial charge in [-0.3, -0.25) is 5.73 Å². The van der Waals surface area contributed by atoms with E-state index in [2.05, 4.69) is 19.1 Å². The van der Waals surface area contributed by atoms with Crippen LogP contribution in [0, 0.1) is 0 Å². The molecule has 1 aromatic carbocycles. The molecule has 1 N–H and O–H groups in total. The Morgan fingerprint density at radius 2 is 1.90 bits per heavy atom. The molecule has 0 saturated carbocycles. The fourth-order valence-electron chi connectivity index (χ4n) is 0.899. The van der Waals surface area contributed by atoms with Crippen molar-refractivity contribution in [3.63, 3.8) is 0 Å². The van der Waals surface area contributed by atoms with Crippen LogP contribution >= 0.6 is 0 Å². The lowest BCUT2D eigenvalue weighted by Crippen LogP contribution is -1.99.